The molecular weight excluding hydrogens is 132 g/mol. The Bertz CT molecular complexity index is 55.2. The summed E-state index contributed by atoms with van der Waals surface area (Å²) in [6.07, 6.45) is 0. The van der Waals surface area contributed by atoms with Gasteiger partial charge in [-0.3, -0.25) is 15.6 Å². The Morgan fingerprint density at radius 3 is 1.67 bits per heavy atom. The van der Waals surface area contributed by atoms with E-state index in [1.54, 1.807) is 0 Å². The average Bonchev–Trinajstić information content (AvgIpc) is 1.75. The minimum atomic E-state index is 0. The summed E-state index contributed by atoms with van der Waals surface area (Å²) < 4.78 is 0. The van der Waals surface area contributed by atoms with Crippen molar-refractivity contribution in [3.05, 3.63) is 10.1 Å². The molecule has 3 N–H and O–H groups in total. The molecule has 0 heterocycles. The first-order chi connectivity index (χ1) is 3.83. The molecule has 0 aliphatic rings. The summed E-state index contributed by atoms with van der Waals surface area (Å²) in [6, 6.07) is 0. The van der Waals surface area contributed by atoms with Crippen molar-refractivity contribution in [3.8, 4) is 6.57 Å². The molecule has 0 spiro atoms. The Morgan fingerprint density at radius 1 is 1.67 bits per heavy atom. The largest absolute Gasteiger partial charge is 0.473 e. The van der Waals surface area contributed by atoms with Crippen LogP contribution in [0.25, 0.3) is 0 Å². The molecule has 0 aromatic heterocycles. The first kappa shape index (κ1) is 26.5. The van der Waals surface area contributed by atoms with Gasteiger partial charge in [0.05, 0.1) is 0 Å². The Kier molecular flexibility index (Phi) is 5150. The fourth-order valence-electron chi connectivity index (χ4n) is 0. The number of aliphatic hydroxyl groups excluding tert-OH is 1. The second-order valence-corrected chi connectivity index (χ2v) is 0.175. The number of nitrogens with one attached hydrogen (secondary N) is 1. The molecule has 0 aliphatic heterocycles. The molecule has 52 valence electrons. The molecule has 0 unspecified atom stereocenters. The topological polar surface area (TPSA) is 145 Å². The Hall–Kier alpha value is -1.68. The SMILES string of the molecule is C#N.O=[C]O.O=[NH+][O-].[OH]. The number of nitriles is 1. The van der Waals surface area contributed by atoms with E-state index < -0.39 is 0 Å². The fraction of sp³-hybridized carbons (Fsp3) is 0. The molecular formula is C2H4N2O5. The molecule has 9 heavy (non-hydrogen) atoms. The Labute approximate surface area is 50.4 Å². The van der Waals surface area contributed by atoms with Gasteiger partial charge < -0.3 is 5.11 Å². The van der Waals surface area contributed by atoms with Crippen LogP contribution in [-0.2, 0) is 4.79 Å². The second-order valence-electron chi connectivity index (χ2n) is 0.175. The van der Waals surface area contributed by atoms with Crippen LogP contribution in [0.4, 0.5) is 0 Å². The van der Waals surface area contributed by atoms with Gasteiger partial charge in [-0.05, 0) is 0 Å². The van der Waals surface area contributed by atoms with E-state index in [0.29, 0.717) is 6.47 Å². The Balaban J connectivity index is -0.0000000202. The van der Waals surface area contributed by atoms with Gasteiger partial charge in [-0.25, -0.2) is 10.1 Å². The maximum Gasteiger partial charge on any atom is 0.414 e. The molecule has 7 nitrogen and oxygen atoms in total. The first-order valence-electron chi connectivity index (χ1n) is 1.09. The lowest BCUT2D eigenvalue weighted by atomic mass is 11.7. The first-order valence-corrected chi connectivity index (χ1v) is 1.09. The summed E-state index contributed by atoms with van der Waals surface area (Å²) in [5.74, 6) is 0. The van der Waals surface area contributed by atoms with E-state index in [0.717, 1.165) is 0 Å². The van der Waals surface area contributed by atoms with E-state index in [2.05, 4.69) is 6.57 Å². The maximum atomic E-state index is 8.24. The highest BCUT2D eigenvalue weighted by atomic mass is 16.6. The van der Waals surface area contributed by atoms with Crippen molar-refractivity contribution in [1.29, 1.82) is 5.26 Å². The van der Waals surface area contributed by atoms with E-state index >= 15 is 0 Å². The molecule has 2 radical (unpaired) electrons. The quantitative estimate of drug-likeness (QED) is 0.258. The molecule has 0 aromatic rings. The lowest BCUT2D eigenvalue weighted by Gasteiger charge is -1.36. The van der Waals surface area contributed by atoms with Crippen LogP contribution >= 0.6 is 0 Å². The van der Waals surface area contributed by atoms with Gasteiger partial charge >= 0.3 is 6.47 Å². The number of hydrogen-bond acceptors (Lipinski definition) is 4. The molecule has 0 saturated carbocycles. The molecule has 0 saturated heterocycles. The highest BCUT2D eigenvalue weighted by molar-refractivity contribution is 5.34. The molecule has 7 heteroatoms. The van der Waals surface area contributed by atoms with E-state index in [9.17, 15) is 0 Å². The monoisotopic (exact) mass is 136 g/mol. The van der Waals surface area contributed by atoms with Gasteiger partial charge in [-0.1, -0.05) is 0 Å². The molecule has 0 rings (SSSR count). The summed E-state index contributed by atoms with van der Waals surface area (Å²) in [4.78, 5) is 16.4. The summed E-state index contributed by atoms with van der Waals surface area (Å²) in [5, 5.41) is 21.6. The van der Waals surface area contributed by atoms with Gasteiger partial charge in [0.25, 0.3) is 0 Å². The van der Waals surface area contributed by atoms with Crippen LogP contribution in [0.15, 0.2) is 0 Å². The van der Waals surface area contributed by atoms with Crippen LogP contribution in [0.1, 0.15) is 0 Å². The van der Waals surface area contributed by atoms with Gasteiger partial charge in [0.1, 0.15) is 0 Å². The number of hydrogen-bond donors (Lipinski definition) is 3. The van der Waals surface area contributed by atoms with Crippen molar-refractivity contribution >= 4 is 6.47 Å². The fourth-order valence-corrected chi connectivity index (χ4v) is 0. The van der Waals surface area contributed by atoms with Crippen LogP contribution in [0.2, 0.25) is 0 Å². The third-order valence-electron chi connectivity index (χ3n) is 0. The summed E-state index contributed by atoms with van der Waals surface area (Å²) in [7, 11) is 0. The molecule has 0 amide bonds. The third-order valence-corrected chi connectivity index (χ3v) is 0. The van der Waals surface area contributed by atoms with Crippen molar-refractivity contribution in [2.75, 3.05) is 0 Å². The van der Waals surface area contributed by atoms with Crippen LogP contribution in [0.5, 0.6) is 0 Å². The summed E-state index contributed by atoms with van der Waals surface area (Å²) >= 11 is 0. The van der Waals surface area contributed by atoms with Gasteiger partial charge in [0, 0.05) is 11.9 Å². The zero-order chi connectivity index (χ0) is 7.41. The standard InChI is InChI=1S/CHN.CHO2.HNO2.HO/c1-2;2*2-1-3;/h1H;(H,2,3);1H;1H. The predicted molar refractivity (Wildman–Crippen MR) is 24.6 cm³/mol. The van der Waals surface area contributed by atoms with Crippen molar-refractivity contribution in [1.82, 2.24) is 0 Å². The van der Waals surface area contributed by atoms with Crippen LogP contribution in [0, 0.1) is 21.9 Å². The van der Waals surface area contributed by atoms with E-state index in [1.165, 1.54) is 0 Å². The van der Waals surface area contributed by atoms with Crippen LogP contribution < -0.4 is 5.34 Å². The van der Waals surface area contributed by atoms with E-state index in [-0.39, 0.29) is 10.8 Å². The highest BCUT2D eigenvalue weighted by Crippen LogP contribution is 0.973. The van der Waals surface area contributed by atoms with Crippen molar-refractivity contribution in [2.45, 2.75) is 0 Å². The predicted octanol–water partition coefficient (Wildman–Crippen LogP) is -2.09. The number of rotatable bonds is 0. The van der Waals surface area contributed by atoms with Crippen molar-refractivity contribution in [2.24, 2.45) is 0 Å². The summed E-state index contributed by atoms with van der Waals surface area (Å²) in [5.41, 5.74) is 0. The molecule has 0 fully saturated rings. The Morgan fingerprint density at radius 2 is 1.67 bits per heavy atom. The zero-order valence-corrected chi connectivity index (χ0v) is 4.14. The van der Waals surface area contributed by atoms with Gasteiger partial charge in [-0.15, -0.1) is 0 Å². The zero-order valence-electron chi connectivity index (χ0n) is 4.14. The van der Waals surface area contributed by atoms with Crippen LogP contribution in [0.3, 0.4) is 0 Å². The molecule has 0 atom stereocenters. The maximum absolute atomic E-state index is 8.24. The summed E-state index contributed by atoms with van der Waals surface area (Å²) in [6.45, 7) is 4.00. The highest BCUT2D eigenvalue weighted by Gasteiger charge is 1.30. The molecule has 0 aliphatic carbocycles. The van der Waals surface area contributed by atoms with Gasteiger partial charge in [0.15, 0.2) is 0 Å². The smallest absolute Gasteiger partial charge is 0.414 e. The van der Waals surface area contributed by atoms with Crippen molar-refractivity contribution in [3.63, 3.8) is 0 Å². The van der Waals surface area contributed by atoms with E-state index in [1.807, 2.05) is 0 Å². The second kappa shape index (κ2) is 1750. The number of nitrogens with zero attached hydrogens (tertiary/aromatic N) is 1. The van der Waals surface area contributed by atoms with Crippen molar-refractivity contribution < 1.29 is 20.7 Å². The lowest BCUT2D eigenvalue weighted by Crippen LogP contribution is -2.53. The van der Waals surface area contributed by atoms with Crippen LogP contribution in [-0.4, -0.2) is 17.1 Å². The minimum Gasteiger partial charge on any atom is -0.473 e. The van der Waals surface area contributed by atoms with E-state index in [4.69, 9.17) is 25.3 Å². The van der Waals surface area contributed by atoms with Gasteiger partial charge in [0.2, 0.25) is 0 Å². The minimum absolute atomic E-state index is 0. The molecule has 0 bridgehead atoms. The van der Waals surface area contributed by atoms with Gasteiger partial charge in [-0.2, -0.15) is 0 Å². The normalized spacial score (nSPS) is 2.89. The molecule has 0 aromatic carbocycles. The lowest BCUT2D eigenvalue weighted by molar-refractivity contribution is -0.398. The average molecular weight is 136 g/mol. The third kappa shape index (κ3) is 41.8.